The normalized spacial score (nSPS) is 20.8. The second kappa shape index (κ2) is 13.4. The number of carboxylic acid groups (broad SMARTS) is 3. The number of rotatable bonds is 8. The van der Waals surface area contributed by atoms with Crippen LogP contribution in [0, 0.1) is 5.82 Å². The number of nitrogens with zero attached hydrogens (tertiary/aromatic N) is 5. The summed E-state index contributed by atoms with van der Waals surface area (Å²) >= 11 is 0. The molecule has 11 nitrogen and oxygen atoms in total. The number of carbonyl (C=O) groups is 3. The number of carboxylic acids is 3. The second-order valence-electron chi connectivity index (χ2n) is 8.86. The van der Waals surface area contributed by atoms with Gasteiger partial charge in [0.25, 0.3) is 0 Å². The quantitative estimate of drug-likeness (QED) is 0.459. The van der Waals surface area contributed by atoms with Gasteiger partial charge in [-0.05, 0) is 32.9 Å². The van der Waals surface area contributed by atoms with Gasteiger partial charge in [0, 0.05) is 65.1 Å². The van der Waals surface area contributed by atoms with Crippen LogP contribution >= 0.6 is 0 Å². The van der Waals surface area contributed by atoms with Gasteiger partial charge in [-0.25, -0.2) is 4.39 Å². The largest absolute Gasteiger partial charge is 0.480 e. The van der Waals surface area contributed by atoms with E-state index in [1.807, 2.05) is 4.90 Å². The summed E-state index contributed by atoms with van der Waals surface area (Å²) in [7, 11) is 0. The molecule has 35 heavy (non-hydrogen) atoms. The Balaban J connectivity index is 2.31. The summed E-state index contributed by atoms with van der Waals surface area (Å²) in [5, 5.41) is 28.7. The predicted molar refractivity (Wildman–Crippen MR) is 125 cm³/mol. The number of halogens is 1. The molecule has 1 aromatic rings. The van der Waals surface area contributed by atoms with Crippen LogP contribution in [0.2, 0.25) is 0 Å². The van der Waals surface area contributed by atoms with Crippen molar-refractivity contribution < 1.29 is 34.1 Å². The van der Waals surface area contributed by atoms with Crippen molar-refractivity contribution >= 4 is 17.9 Å². The Labute approximate surface area is 204 Å². The van der Waals surface area contributed by atoms with Crippen LogP contribution in [-0.2, 0) is 20.9 Å². The number of aliphatic carboxylic acids is 3. The minimum absolute atomic E-state index is 0.194. The van der Waals surface area contributed by atoms with Gasteiger partial charge in [0.2, 0.25) is 0 Å². The van der Waals surface area contributed by atoms with Crippen LogP contribution in [-0.4, -0.2) is 128 Å². The third kappa shape index (κ3) is 8.49. The van der Waals surface area contributed by atoms with E-state index in [0.717, 1.165) is 0 Å². The van der Waals surface area contributed by atoms with E-state index in [0.29, 0.717) is 52.4 Å². The monoisotopic (exact) mass is 497 g/mol. The molecule has 1 fully saturated rings. The Morgan fingerprint density at radius 1 is 0.800 bits per heavy atom. The van der Waals surface area contributed by atoms with Crippen LogP contribution in [0.3, 0.4) is 0 Å². The van der Waals surface area contributed by atoms with Crippen LogP contribution in [0.5, 0.6) is 0 Å². The first kappa shape index (κ1) is 28.6. The molecule has 12 heteroatoms. The zero-order valence-corrected chi connectivity index (χ0v) is 20.5. The summed E-state index contributed by atoms with van der Waals surface area (Å²) in [5.41, 5.74) is 0.261. The van der Waals surface area contributed by atoms with Crippen LogP contribution in [0.25, 0.3) is 0 Å². The highest BCUT2D eigenvalue weighted by molar-refractivity contribution is 5.73. The third-order valence-electron chi connectivity index (χ3n) is 6.68. The molecule has 0 unspecified atom stereocenters. The predicted octanol–water partition coefficient (Wildman–Crippen LogP) is 0.362. The van der Waals surface area contributed by atoms with Crippen molar-refractivity contribution in [2.24, 2.45) is 0 Å². The Hall–Kier alpha value is -2.67. The topological polar surface area (TPSA) is 138 Å². The lowest BCUT2D eigenvalue weighted by atomic mass is 10.2. The molecule has 1 saturated heterocycles. The van der Waals surface area contributed by atoms with Crippen molar-refractivity contribution in [1.82, 2.24) is 24.6 Å². The number of aromatic nitrogens is 1. The molecule has 196 valence electrons. The van der Waals surface area contributed by atoms with E-state index < -0.39 is 41.9 Å². The van der Waals surface area contributed by atoms with E-state index in [9.17, 15) is 34.1 Å². The molecule has 0 aromatic carbocycles. The summed E-state index contributed by atoms with van der Waals surface area (Å²) in [6, 6.07) is 0.430. The highest BCUT2D eigenvalue weighted by atomic mass is 19.1. The maximum Gasteiger partial charge on any atom is 0.320 e. The molecule has 0 spiro atoms. The van der Waals surface area contributed by atoms with Crippen LogP contribution < -0.4 is 0 Å². The number of hydrogen-bond acceptors (Lipinski definition) is 8. The Morgan fingerprint density at radius 3 is 1.51 bits per heavy atom. The fourth-order valence-electron chi connectivity index (χ4n) is 4.04. The molecule has 0 radical (unpaired) electrons. The molecule has 0 amide bonds. The van der Waals surface area contributed by atoms with Crippen molar-refractivity contribution in [2.75, 3.05) is 52.4 Å². The average Bonchev–Trinajstić information content (AvgIpc) is 2.80. The minimum atomic E-state index is -1.00. The Kier molecular flexibility index (Phi) is 11.0. The summed E-state index contributed by atoms with van der Waals surface area (Å²) in [4.78, 5) is 46.4. The standard InChI is InChI=1S/C23H36FN5O6/c1-16(21(30)31)27-9-7-26(15-20-19(24)5-4-6-25-20)8-10-28(17(2)22(32)33)12-14-29(13-11-27)18(3)23(34)35/h4-6,16-18H,7-15H2,1-3H3,(H,30,31)(H,32,33)(H,34,35)/t16-,17-,18-/m0/s1. The lowest BCUT2D eigenvalue weighted by molar-refractivity contribution is -0.145. The van der Waals surface area contributed by atoms with Gasteiger partial charge in [0.15, 0.2) is 0 Å². The van der Waals surface area contributed by atoms with E-state index >= 15 is 0 Å². The van der Waals surface area contributed by atoms with Crippen LogP contribution in [0.15, 0.2) is 18.3 Å². The molecule has 0 bridgehead atoms. The number of hydrogen-bond donors (Lipinski definition) is 3. The fourth-order valence-corrected chi connectivity index (χ4v) is 4.04. The first-order chi connectivity index (χ1) is 16.5. The highest BCUT2D eigenvalue weighted by Crippen LogP contribution is 2.12. The summed E-state index contributed by atoms with van der Waals surface area (Å²) in [6.07, 6.45) is 1.50. The molecule has 1 aliphatic heterocycles. The van der Waals surface area contributed by atoms with E-state index in [1.165, 1.54) is 18.3 Å². The molecule has 3 atom stereocenters. The lowest BCUT2D eigenvalue weighted by Gasteiger charge is -2.37. The lowest BCUT2D eigenvalue weighted by Crippen LogP contribution is -2.53. The van der Waals surface area contributed by atoms with Crippen molar-refractivity contribution in [3.8, 4) is 0 Å². The van der Waals surface area contributed by atoms with Gasteiger partial charge >= 0.3 is 17.9 Å². The maximum atomic E-state index is 14.3. The van der Waals surface area contributed by atoms with Crippen molar-refractivity contribution in [2.45, 2.75) is 45.4 Å². The summed E-state index contributed by atoms with van der Waals surface area (Å²) in [5.74, 6) is -3.42. The maximum absolute atomic E-state index is 14.3. The zero-order chi connectivity index (χ0) is 26.1. The van der Waals surface area contributed by atoms with Gasteiger partial charge in [-0.15, -0.1) is 0 Å². The van der Waals surface area contributed by atoms with Gasteiger partial charge in [0.05, 0.1) is 5.69 Å². The molecule has 0 aliphatic carbocycles. The second-order valence-corrected chi connectivity index (χ2v) is 8.86. The van der Waals surface area contributed by atoms with Gasteiger partial charge in [-0.2, -0.15) is 0 Å². The third-order valence-corrected chi connectivity index (χ3v) is 6.68. The first-order valence-electron chi connectivity index (χ1n) is 11.7. The average molecular weight is 498 g/mol. The van der Waals surface area contributed by atoms with Crippen molar-refractivity contribution in [1.29, 1.82) is 0 Å². The molecule has 1 aliphatic rings. The van der Waals surface area contributed by atoms with Crippen molar-refractivity contribution in [3.05, 3.63) is 29.8 Å². The van der Waals surface area contributed by atoms with Crippen LogP contribution in [0.1, 0.15) is 26.5 Å². The van der Waals surface area contributed by atoms with Gasteiger partial charge in [-0.1, -0.05) is 0 Å². The fraction of sp³-hybridized carbons (Fsp3) is 0.652. The Morgan fingerprint density at radius 2 is 1.17 bits per heavy atom. The molecule has 1 aromatic heterocycles. The highest BCUT2D eigenvalue weighted by Gasteiger charge is 2.28. The van der Waals surface area contributed by atoms with E-state index in [-0.39, 0.29) is 12.2 Å². The van der Waals surface area contributed by atoms with E-state index in [2.05, 4.69) is 4.98 Å². The van der Waals surface area contributed by atoms with Gasteiger partial charge in [-0.3, -0.25) is 39.0 Å². The van der Waals surface area contributed by atoms with Crippen LogP contribution in [0.4, 0.5) is 4.39 Å². The SMILES string of the molecule is C[C@@H](C(=O)O)N1CCN(Cc2ncccc2F)CCN([C@@H](C)C(=O)O)CCN([C@@H](C)C(=O)O)CC1. The Bertz CT molecular complexity index is 839. The van der Waals surface area contributed by atoms with E-state index in [4.69, 9.17) is 0 Å². The molecular formula is C23H36FN5O6. The van der Waals surface area contributed by atoms with Crippen molar-refractivity contribution in [3.63, 3.8) is 0 Å². The molecular weight excluding hydrogens is 461 g/mol. The molecule has 0 saturated carbocycles. The van der Waals surface area contributed by atoms with E-state index in [1.54, 1.807) is 35.5 Å². The minimum Gasteiger partial charge on any atom is -0.480 e. The van der Waals surface area contributed by atoms with Gasteiger partial charge in [0.1, 0.15) is 23.9 Å². The summed E-state index contributed by atoms with van der Waals surface area (Å²) < 4.78 is 14.3. The zero-order valence-electron chi connectivity index (χ0n) is 20.5. The summed E-state index contributed by atoms with van der Waals surface area (Å²) in [6.45, 7) is 7.65. The first-order valence-corrected chi connectivity index (χ1v) is 11.7. The smallest absolute Gasteiger partial charge is 0.320 e. The van der Waals surface area contributed by atoms with Gasteiger partial charge < -0.3 is 15.3 Å². The molecule has 3 N–H and O–H groups in total. The molecule has 2 heterocycles. The molecule has 2 rings (SSSR count). The number of pyridine rings is 1.